The number of nitrogens with zero attached hydrogens (tertiary/aromatic N) is 2. The molecule has 0 unspecified atom stereocenters. The molecule has 6 nitrogen and oxygen atoms in total. The van der Waals surface area contributed by atoms with E-state index in [9.17, 15) is 4.79 Å². The van der Waals surface area contributed by atoms with Crippen molar-refractivity contribution in [2.24, 2.45) is 5.10 Å². The normalized spacial score (nSPS) is 11.0. The van der Waals surface area contributed by atoms with Crippen LogP contribution >= 0.6 is 11.3 Å². The molecule has 0 spiro atoms. The first-order valence-corrected chi connectivity index (χ1v) is 8.49. The van der Waals surface area contributed by atoms with Crippen LogP contribution in [-0.2, 0) is 11.2 Å². The fourth-order valence-corrected chi connectivity index (χ4v) is 2.92. The van der Waals surface area contributed by atoms with Crippen LogP contribution in [0.1, 0.15) is 41.7 Å². The second-order valence-corrected chi connectivity index (χ2v) is 6.25. The van der Waals surface area contributed by atoms with E-state index in [1.165, 1.54) is 18.4 Å². The van der Waals surface area contributed by atoms with E-state index in [4.69, 9.17) is 9.47 Å². The summed E-state index contributed by atoms with van der Waals surface area (Å²) in [5.41, 5.74) is 4.46. The number of thiazole rings is 1. The third-order valence-corrected chi connectivity index (χ3v) is 3.99. The molecule has 1 heterocycles. The molecule has 1 aromatic heterocycles. The number of methoxy groups -OCH3 is 1. The summed E-state index contributed by atoms with van der Waals surface area (Å²) in [6, 6.07) is 7.65. The highest BCUT2D eigenvalue weighted by atomic mass is 32.1. The smallest absolute Gasteiger partial charge is 0.350 e. The number of anilines is 1. The number of aryl methyl sites for hydroxylation is 1. The van der Waals surface area contributed by atoms with Gasteiger partial charge in [-0.2, -0.15) is 5.10 Å². The number of hydrogen-bond donors (Lipinski definition) is 1. The minimum atomic E-state index is -0.375. The highest BCUT2D eigenvalue weighted by molar-refractivity contribution is 7.17. The molecule has 0 fully saturated rings. The molecule has 0 amide bonds. The van der Waals surface area contributed by atoms with Gasteiger partial charge in [-0.15, -0.1) is 0 Å². The zero-order valence-electron chi connectivity index (χ0n) is 14.2. The molecular formula is C17H21N3O3S. The number of benzene rings is 1. The van der Waals surface area contributed by atoms with Crippen molar-refractivity contribution in [3.63, 3.8) is 0 Å². The van der Waals surface area contributed by atoms with Crippen molar-refractivity contribution in [3.05, 3.63) is 40.4 Å². The van der Waals surface area contributed by atoms with E-state index < -0.39 is 0 Å². The molecule has 0 aliphatic heterocycles. The average molecular weight is 347 g/mol. The van der Waals surface area contributed by atoms with Gasteiger partial charge in [0.1, 0.15) is 10.6 Å². The molecule has 2 aromatic rings. The van der Waals surface area contributed by atoms with Gasteiger partial charge in [0.05, 0.1) is 25.1 Å². The van der Waals surface area contributed by atoms with Gasteiger partial charge in [-0.05, 0) is 38.0 Å². The largest absolute Gasteiger partial charge is 0.491 e. The predicted molar refractivity (Wildman–Crippen MR) is 96.3 cm³/mol. The first-order valence-electron chi connectivity index (χ1n) is 7.67. The molecule has 0 aliphatic rings. The molecular weight excluding hydrogens is 326 g/mol. The Kier molecular flexibility index (Phi) is 6.31. The van der Waals surface area contributed by atoms with E-state index >= 15 is 0 Å². The van der Waals surface area contributed by atoms with Gasteiger partial charge >= 0.3 is 5.97 Å². The average Bonchev–Trinajstić information content (AvgIpc) is 2.97. The summed E-state index contributed by atoms with van der Waals surface area (Å²) in [5, 5.41) is 4.73. The zero-order valence-corrected chi connectivity index (χ0v) is 15.0. The number of hydrazone groups is 1. The Hall–Kier alpha value is -2.41. The number of hydrogen-bond acceptors (Lipinski definition) is 7. The maximum absolute atomic E-state index is 11.7. The monoisotopic (exact) mass is 347 g/mol. The summed E-state index contributed by atoms with van der Waals surface area (Å²) in [5.74, 6) is 0.421. The van der Waals surface area contributed by atoms with E-state index in [0.717, 1.165) is 11.3 Å². The third-order valence-electron chi connectivity index (χ3n) is 3.01. The van der Waals surface area contributed by atoms with E-state index in [0.29, 0.717) is 22.1 Å². The number of rotatable bonds is 7. The summed E-state index contributed by atoms with van der Waals surface area (Å²) in [6.07, 6.45) is 2.45. The van der Waals surface area contributed by atoms with Gasteiger partial charge in [-0.3, -0.25) is 5.43 Å². The Morgan fingerprint density at radius 1 is 1.46 bits per heavy atom. The van der Waals surface area contributed by atoms with Crippen molar-refractivity contribution >= 4 is 28.7 Å². The van der Waals surface area contributed by atoms with Crippen LogP contribution in [-0.4, -0.2) is 30.4 Å². The van der Waals surface area contributed by atoms with E-state index in [1.54, 1.807) is 6.21 Å². The summed E-state index contributed by atoms with van der Waals surface area (Å²) in [6.45, 7) is 5.90. The second-order valence-electron chi connectivity index (χ2n) is 5.25. The summed E-state index contributed by atoms with van der Waals surface area (Å²) >= 11 is 1.23. The topological polar surface area (TPSA) is 72.8 Å². The lowest BCUT2D eigenvalue weighted by Gasteiger charge is -2.09. The van der Waals surface area contributed by atoms with Gasteiger partial charge in [0.2, 0.25) is 5.13 Å². The van der Waals surface area contributed by atoms with Gasteiger partial charge in [0.15, 0.2) is 0 Å². The summed E-state index contributed by atoms with van der Waals surface area (Å²) < 4.78 is 10.4. The lowest BCUT2D eigenvalue weighted by molar-refractivity contribution is 0.0605. The molecule has 24 heavy (non-hydrogen) atoms. The Morgan fingerprint density at radius 2 is 2.25 bits per heavy atom. The number of aromatic nitrogens is 1. The number of carbonyl (C=O) groups is 1. The van der Waals surface area contributed by atoms with Gasteiger partial charge in [0.25, 0.3) is 0 Å². The molecule has 2 rings (SSSR count). The Balaban J connectivity index is 2.06. The van der Waals surface area contributed by atoms with Crippen LogP contribution in [0.2, 0.25) is 0 Å². The SMILES string of the molecule is CCc1nc(N/N=C\c2cccc(OC(C)C)c2)sc1C(=O)OC. The standard InChI is InChI=1S/C17H21N3O3S/c1-5-14-15(16(21)22-4)24-17(19-14)20-18-10-12-7-6-8-13(9-12)23-11(2)3/h6-11H,5H2,1-4H3,(H,19,20)/b18-10-. The van der Waals surface area contributed by atoms with Gasteiger partial charge in [-0.25, -0.2) is 9.78 Å². The van der Waals surface area contributed by atoms with E-state index in [1.807, 2.05) is 45.0 Å². The minimum Gasteiger partial charge on any atom is -0.491 e. The van der Waals surface area contributed by atoms with E-state index in [2.05, 4.69) is 15.5 Å². The molecule has 0 radical (unpaired) electrons. The van der Waals surface area contributed by atoms with Gasteiger partial charge in [-0.1, -0.05) is 30.4 Å². The van der Waals surface area contributed by atoms with E-state index in [-0.39, 0.29) is 12.1 Å². The van der Waals surface area contributed by atoms with Crippen LogP contribution in [0.5, 0.6) is 5.75 Å². The molecule has 1 aromatic carbocycles. The second kappa shape index (κ2) is 8.44. The van der Waals surface area contributed by atoms with Crippen LogP contribution in [0.4, 0.5) is 5.13 Å². The number of esters is 1. The molecule has 0 saturated heterocycles. The summed E-state index contributed by atoms with van der Waals surface area (Å²) in [4.78, 5) is 16.6. The van der Waals surface area contributed by atoms with Crippen LogP contribution in [0.15, 0.2) is 29.4 Å². The first kappa shape index (κ1) is 17.9. The maximum Gasteiger partial charge on any atom is 0.350 e. The van der Waals surface area contributed by atoms with Crippen molar-refractivity contribution in [1.29, 1.82) is 0 Å². The van der Waals surface area contributed by atoms with Crippen molar-refractivity contribution in [3.8, 4) is 5.75 Å². The Bertz CT molecular complexity index is 726. The summed E-state index contributed by atoms with van der Waals surface area (Å²) in [7, 11) is 1.36. The zero-order chi connectivity index (χ0) is 17.5. The molecule has 0 bridgehead atoms. The quantitative estimate of drug-likeness (QED) is 0.469. The highest BCUT2D eigenvalue weighted by Crippen LogP contribution is 2.24. The first-order chi connectivity index (χ1) is 11.5. The highest BCUT2D eigenvalue weighted by Gasteiger charge is 2.17. The van der Waals surface area contributed by atoms with Crippen LogP contribution in [0.25, 0.3) is 0 Å². The van der Waals surface area contributed by atoms with Crippen LogP contribution in [0.3, 0.4) is 0 Å². The van der Waals surface area contributed by atoms with Gasteiger partial charge < -0.3 is 9.47 Å². The molecule has 0 atom stereocenters. The number of ether oxygens (including phenoxy) is 2. The van der Waals surface area contributed by atoms with Crippen molar-refractivity contribution in [2.45, 2.75) is 33.3 Å². The minimum absolute atomic E-state index is 0.120. The lowest BCUT2D eigenvalue weighted by atomic mass is 10.2. The van der Waals surface area contributed by atoms with Crippen molar-refractivity contribution in [1.82, 2.24) is 4.98 Å². The maximum atomic E-state index is 11.7. The van der Waals surface area contributed by atoms with Crippen molar-refractivity contribution in [2.75, 3.05) is 12.5 Å². The lowest BCUT2D eigenvalue weighted by Crippen LogP contribution is -2.05. The van der Waals surface area contributed by atoms with Crippen LogP contribution < -0.4 is 10.2 Å². The van der Waals surface area contributed by atoms with Crippen molar-refractivity contribution < 1.29 is 14.3 Å². The molecule has 0 saturated carbocycles. The van der Waals surface area contributed by atoms with Gasteiger partial charge in [0, 0.05) is 0 Å². The fourth-order valence-electron chi connectivity index (χ4n) is 1.99. The van der Waals surface area contributed by atoms with Crippen LogP contribution in [0, 0.1) is 0 Å². The third kappa shape index (κ3) is 4.79. The Morgan fingerprint density at radius 3 is 2.92 bits per heavy atom. The Labute approximate surface area is 145 Å². The number of carbonyl (C=O) groups excluding carboxylic acids is 1. The molecule has 0 aliphatic carbocycles. The fraction of sp³-hybridized carbons (Fsp3) is 0.353. The molecule has 1 N–H and O–H groups in total. The number of nitrogens with one attached hydrogen (secondary N) is 1. The molecule has 7 heteroatoms. The predicted octanol–water partition coefficient (Wildman–Crippen LogP) is 3.73. The molecule has 128 valence electrons.